The Morgan fingerprint density at radius 3 is 2.25 bits per heavy atom. The van der Waals surface area contributed by atoms with Gasteiger partial charge in [0.25, 0.3) is 15.9 Å². The molecule has 0 aliphatic rings. The Morgan fingerprint density at radius 1 is 0.929 bits per heavy atom. The summed E-state index contributed by atoms with van der Waals surface area (Å²) in [5.41, 5.74) is 0.248. The van der Waals surface area contributed by atoms with Gasteiger partial charge >= 0.3 is 0 Å². The fraction of sp³-hybridized carbons (Fsp3) is 0. The Balaban J connectivity index is 1.79. The normalized spacial score (nSPS) is 11.1. The van der Waals surface area contributed by atoms with E-state index in [0.717, 1.165) is 0 Å². The third kappa shape index (κ3) is 4.62. The maximum absolute atomic E-state index is 13.7. The molecule has 1 amide bonds. The van der Waals surface area contributed by atoms with Gasteiger partial charge in [-0.2, -0.15) is 0 Å². The zero-order chi connectivity index (χ0) is 20.3. The van der Waals surface area contributed by atoms with Gasteiger partial charge in [0.05, 0.1) is 26.9 Å². The van der Waals surface area contributed by atoms with Crippen LogP contribution in [0.15, 0.2) is 71.6 Å². The smallest absolute Gasteiger partial charge is 0.261 e. The van der Waals surface area contributed by atoms with Crippen LogP contribution in [-0.4, -0.2) is 14.3 Å². The molecule has 3 rings (SSSR count). The Kier molecular flexibility index (Phi) is 5.88. The molecule has 0 aromatic heterocycles. The predicted octanol–water partition coefficient (Wildman–Crippen LogP) is 5.19. The molecule has 0 aliphatic heterocycles. The number of sulfonamides is 1. The lowest BCUT2D eigenvalue weighted by molar-refractivity contribution is 0.102. The highest BCUT2D eigenvalue weighted by Gasteiger charge is 2.17. The molecular weight excluding hydrogens is 426 g/mol. The van der Waals surface area contributed by atoms with E-state index in [1.54, 1.807) is 6.07 Å². The van der Waals surface area contributed by atoms with Crippen molar-refractivity contribution in [2.75, 3.05) is 10.0 Å². The van der Waals surface area contributed by atoms with E-state index in [4.69, 9.17) is 23.2 Å². The van der Waals surface area contributed by atoms with E-state index < -0.39 is 21.7 Å². The van der Waals surface area contributed by atoms with E-state index in [0.29, 0.717) is 5.02 Å². The molecule has 2 N–H and O–H groups in total. The molecule has 9 heteroatoms. The summed E-state index contributed by atoms with van der Waals surface area (Å²) < 4.78 is 40.8. The number of rotatable bonds is 5. The van der Waals surface area contributed by atoms with Crippen molar-refractivity contribution in [3.63, 3.8) is 0 Å². The summed E-state index contributed by atoms with van der Waals surface area (Å²) in [7, 11) is -3.85. The topological polar surface area (TPSA) is 75.3 Å². The van der Waals surface area contributed by atoms with Crippen molar-refractivity contribution < 1.29 is 17.6 Å². The molecular formula is C19H13Cl2FN2O3S. The van der Waals surface area contributed by atoms with Gasteiger partial charge in [0.1, 0.15) is 5.82 Å². The number of para-hydroxylation sites is 1. The first-order valence-electron chi connectivity index (χ1n) is 7.90. The molecule has 0 saturated heterocycles. The van der Waals surface area contributed by atoms with Gasteiger partial charge < -0.3 is 5.32 Å². The molecule has 0 aliphatic carbocycles. The summed E-state index contributed by atoms with van der Waals surface area (Å²) in [6.07, 6.45) is 0. The first-order chi connectivity index (χ1) is 13.3. The fourth-order valence-corrected chi connectivity index (χ4v) is 3.78. The van der Waals surface area contributed by atoms with Crippen molar-refractivity contribution in [1.29, 1.82) is 0 Å². The molecule has 0 radical (unpaired) electrons. The predicted molar refractivity (Wildman–Crippen MR) is 108 cm³/mol. The Morgan fingerprint density at radius 2 is 1.61 bits per heavy atom. The van der Waals surface area contributed by atoms with Crippen LogP contribution >= 0.6 is 23.2 Å². The molecule has 0 unspecified atom stereocenters. The maximum Gasteiger partial charge on any atom is 0.261 e. The third-order valence-corrected chi connectivity index (χ3v) is 5.67. The average Bonchev–Trinajstić information content (AvgIpc) is 2.63. The van der Waals surface area contributed by atoms with Crippen molar-refractivity contribution in [3.05, 3.63) is 88.2 Å². The molecule has 3 aromatic rings. The molecule has 28 heavy (non-hydrogen) atoms. The second kappa shape index (κ2) is 8.18. The van der Waals surface area contributed by atoms with Crippen LogP contribution in [0, 0.1) is 5.82 Å². The molecule has 0 fully saturated rings. The monoisotopic (exact) mass is 438 g/mol. The van der Waals surface area contributed by atoms with Crippen molar-refractivity contribution in [1.82, 2.24) is 0 Å². The zero-order valence-corrected chi connectivity index (χ0v) is 16.4. The summed E-state index contributed by atoms with van der Waals surface area (Å²) in [6, 6.07) is 15.4. The second-order valence-electron chi connectivity index (χ2n) is 5.69. The first kappa shape index (κ1) is 20.1. The fourth-order valence-electron chi connectivity index (χ4n) is 2.34. The summed E-state index contributed by atoms with van der Waals surface area (Å²) in [6.45, 7) is 0. The van der Waals surface area contributed by atoms with Gasteiger partial charge in [0, 0.05) is 5.02 Å². The molecule has 0 saturated carbocycles. The molecule has 0 bridgehead atoms. The summed E-state index contributed by atoms with van der Waals surface area (Å²) in [5.74, 6) is -1.21. The SMILES string of the molecule is O=C(Nc1ccccc1F)c1ccc(NS(=O)(=O)c2ccc(Cl)cc2)cc1Cl. The molecule has 0 heterocycles. The highest BCUT2D eigenvalue weighted by Crippen LogP contribution is 2.25. The molecule has 5 nitrogen and oxygen atoms in total. The molecule has 3 aromatic carbocycles. The number of nitrogens with one attached hydrogen (secondary N) is 2. The standard InChI is InChI=1S/C19H13Cl2FN2O3S/c20-12-5-8-14(9-6-12)28(26,27)24-13-7-10-15(16(21)11-13)19(25)23-18-4-2-1-3-17(18)22/h1-11,24H,(H,23,25). The van der Waals surface area contributed by atoms with Crippen molar-refractivity contribution in [3.8, 4) is 0 Å². The molecule has 144 valence electrons. The van der Waals surface area contributed by atoms with E-state index in [1.807, 2.05) is 0 Å². The number of halogens is 3. The van der Waals surface area contributed by atoms with Crippen LogP contribution in [0.1, 0.15) is 10.4 Å². The highest BCUT2D eigenvalue weighted by atomic mass is 35.5. The number of benzene rings is 3. The minimum absolute atomic E-state index is 0.00476. The first-order valence-corrected chi connectivity index (χ1v) is 10.1. The molecule has 0 spiro atoms. The number of carbonyl (C=O) groups is 1. The van der Waals surface area contributed by atoms with E-state index in [-0.39, 0.29) is 26.9 Å². The van der Waals surface area contributed by atoms with E-state index in [2.05, 4.69) is 10.0 Å². The number of amides is 1. The van der Waals surface area contributed by atoms with Crippen LogP contribution in [0.2, 0.25) is 10.0 Å². The van der Waals surface area contributed by atoms with Crippen LogP contribution in [0.25, 0.3) is 0 Å². The lowest BCUT2D eigenvalue weighted by atomic mass is 10.2. The van der Waals surface area contributed by atoms with Gasteiger partial charge in [0.2, 0.25) is 0 Å². The van der Waals surface area contributed by atoms with Gasteiger partial charge in [-0.15, -0.1) is 0 Å². The number of hydrogen-bond acceptors (Lipinski definition) is 3. The number of carbonyl (C=O) groups excluding carboxylic acids is 1. The van der Waals surface area contributed by atoms with Crippen LogP contribution in [0.3, 0.4) is 0 Å². The minimum Gasteiger partial charge on any atom is -0.319 e. The lowest BCUT2D eigenvalue weighted by Gasteiger charge is -2.11. The summed E-state index contributed by atoms with van der Waals surface area (Å²) in [5, 5.41) is 2.83. The van der Waals surface area contributed by atoms with Crippen LogP contribution in [0.4, 0.5) is 15.8 Å². The summed E-state index contributed by atoms with van der Waals surface area (Å²) in [4.78, 5) is 12.3. The summed E-state index contributed by atoms with van der Waals surface area (Å²) >= 11 is 11.9. The maximum atomic E-state index is 13.7. The number of anilines is 2. The van der Waals surface area contributed by atoms with E-state index >= 15 is 0 Å². The quantitative estimate of drug-likeness (QED) is 0.575. The Bertz CT molecular complexity index is 1140. The van der Waals surface area contributed by atoms with Gasteiger partial charge in [0.15, 0.2) is 0 Å². The van der Waals surface area contributed by atoms with E-state index in [1.165, 1.54) is 60.7 Å². The van der Waals surface area contributed by atoms with Crippen molar-refractivity contribution >= 4 is 50.5 Å². The van der Waals surface area contributed by atoms with E-state index in [9.17, 15) is 17.6 Å². The second-order valence-corrected chi connectivity index (χ2v) is 8.21. The highest BCUT2D eigenvalue weighted by molar-refractivity contribution is 7.92. The van der Waals surface area contributed by atoms with Crippen molar-refractivity contribution in [2.45, 2.75) is 4.90 Å². The van der Waals surface area contributed by atoms with Crippen LogP contribution < -0.4 is 10.0 Å². The molecule has 0 atom stereocenters. The van der Waals surface area contributed by atoms with Gasteiger partial charge in [-0.1, -0.05) is 35.3 Å². The minimum atomic E-state index is -3.85. The van der Waals surface area contributed by atoms with Crippen LogP contribution in [0.5, 0.6) is 0 Å². The largest absolute Gasteiger partial charge is 0.319 e. The Hall–Kier alpha value is -2.61. The van der Waals surface area contributed by atoms with Gasteiger partial charge in [-0.05, 0) is 54.6 Å². The van der Waals surface area contributed by atoms with Crippen LogP contribution in [-0.2, 0) is 10.0 Å². The lowest BCUT2D eigenvalue weighted by Crippen LogP contribution is -2.15. The number of hydrogen-bond donors (Lipinski definition) is 2. The Labute approximate surface area is 171 Å². The van der Waals surface area contributed by atoms with Crippen molar-refractivity contribution in [2.24, 2.45) is 0 Å². The van der Waals surface area contributed by atoms with Gasteiger partial charge in [-0.25, -0.2) is 12.8 Å². The zero-order valence-electron chi connectivity index (χ0n) is 14.1. The third-order valence-electron chi connectivity index (χ3n) is 3.71. The van der Waals surface area contributed by atoms with Gasteiger partial charge in [-0.3, -0.25) is 9.52 Å². The average molecular weight is 439 g/mol.